The van der Waals surface area contributed by atoms with Gasteiger partial charge in [0.1, 0.15) is 5.56 Å². The van der Waals surface area contributed by atoms with Gasteiger partial charge in [-0.05, 0) is 6.07 Å². The van der Waals surface area contributed by atoms with Gasteiger partial charge < -0.3 is 0 Å². The molecule has 0 saturated heterocycles. The van der Waals surface area contributed by atoms with E-state index < -0.39 is 33.4 Å². The Labute approximate surface area is 100 Å². The number of nitro benzene ring substituents is 2. The lowest BCUT2D eigenvalue weighted by Gasteiger charge is -2.02. The molecule has 0 spiro atoms. The highest BCUT2D eigenvalue weighted by atomic mass is 35.5. The van der Waals surface area contributed by atoms with E-state index in [-0.39, 0.29) is 11.4 Å². The van der Waals surface area contributed by atoms with Gasteiger partial charge in [0.05, 0.1) is 15.7 Å². The minimum Gasteiger partial charge on any atom is -0.298 e. The van der Waals surface area contributed by atoms with Crippen molar-refractivity contribution in [2.75, 3.05) is 5.88 Å². The topological polar surface area (TPSA) is 103 Å². The number of hydrogen-bond donors (Lipinski definition) is 0. The lowest BCUT2D eigenvalue weighted by molar-refractivity contribution is -0.395. The zero-order valence-electron chi connectivity index (χ0n) is 8.46. The molecule has 8 heteroatoms. The monoisotopic (exact) mass is 258 g/mol. The summed E-state index contributed by atoms with van der Waals surface area (Å²) in [6.45, 7) is 0. The van der Waals surface area contributed by atoms with E-state index in [1.54, 1.807) is 0 Å². The number of carbonyl (C=O) groups excluding carboxylic acids is 1. The Balaban J connectivity index is 3.33. The maximum absolute atomic E-state index is 11.2. The van der Waals surface area contributed by atoms with Crippen LogP contribution in [0.4, 0.5) is 11.4 Å². The Morgan fingerprint density at radius 2 is 1.65 bits per heavy atom. The molecule has 0 atom stereocenters. The highest BCUT2D eigenvalue weighted by Crippen LogP contribution is 2.28. The van der Waals surface area contributed by atoms with Crippen LogP contribution in [0.15, 0.2) is 18.2 Å². The first kappa shape index (κ1) is 13.0. The molecule has 0 fully saturated rings. The third-order valence-corrected chi connectivity index (χ3v) is 2.34. The van der Waals surface area contributed by atoms with Crippen molar-refractivity contribution in [3.05, 3.63) is 44.0 Å². The van der Waals surface area contributed by atoms with E-state index in [1.165, 1.54) is 6.07 Å². The van der Waals surface area contributed by atoms with Gasteiger partial charge >= 0.3 is 0 Å². The van der Waals surface area contributed by atoms with Crippen molar-refractivity contribution in [2.24, 2.45) is 0 Å². The molecule has 0 aliphatic rings. The molecule has 0 amide bonds. The number of nitro groups is 2. The molecular weight excluding hydrogens is 252 g/mol. The van der Waals surface area contributed by atoms with Crippen molar-refractivity contribution in [1.82, 2.24) is 0 Å². The van der Waals surface area contributed by atoms with Crippen LogP contribution in [-0.4, -0.2) is 21.5 Å². The number of carbonyl (C=O) groups is 1. The van der Waals surface area contributed by atoms with E-state index in [9.17, 15) is 25.0 Å². The van der Waals surface area contributed by atoms with Gasteiger partial charge in [-0.15, -0.1) is 11.6 Å². The normalized spacial score (nSPS) is 9.94. The Hall–Kier alpha value is -2.02. The first-order valence-corrected chi connectivity index (χ1v) is 4.99. The Bertz CT molecular complexity index is 456. The molecule has 0 aromatic heterocycles. The standard InChI is InChI=1S/C9H7ClN2O5/c10-5-6(13)4-7-8(11(14)15)2-1-3-9(7)12(16)17/h1-3H,4-5H2. The summed E-state index contributed by atoms with van der Waals surface area (Å²) < 4.78 is 0. The Kier molecular flexibility index (Phi) is 4.11. The molecule has 0 N–H and O–H groups in total. The number of halogens is 1. The summed E-state index contributed by atoms with van der Waals surface area (Å²) in [5.41, 5.74) is -1.11. The number of benzene rings is 1. The molecule has 7 nitrogen and oxygen atoms in total. The molecule has 0 radical (unpaired) electrons. The second-order valence-corrected chi connectivity index (χ2v) is 3.41. The minimum atomic E-state index is -0.760. The average molecular weight is 259 g/mol. The van der Waals surface area contributed by atoms with E-state index in [2.05, 4.69) is 0 Å². The summed E-state index contributed by atoms with van der Waals surface area (Å²) in [6.07, 6.45) is -0.420. The molecule has 1 rings (SSSR count). The van der Waals surface area contributed by atoms with Gasteiger partial charge in [0, 0.05) is 18.6 Å². The summed E-state index contributed by atoms with van der Waals surface area (Å²) in [5.74, 6) is -0.854. The average Bonchev–Trinajstić information content (AvgIpc) is 2.28. The summed E-state index contributed by atoms with van der Waals surface area (Å²) in [4.78, 5) is 31.0. The van der Waals surface area contributed by atoms with Crippen LogP contribution in [0.5, 0.6) is 0 Å². The second kappa shape index (κ2) is 5.35. The largest absolute Gasteiger partial charge is 0.298 e. The van der Waals surface area contributed by atoms with Crippen LogP contribution in [0.3, 0.4) is 0 Å². The van der Waals surface area contributed by atoms with Crippen LogP contribution < -0.4 is 0 Å². The van der Waals surface area contributed by atoms with Crippen LogP contribution >= 0.6 is 11.6 Å². The lowest BCUT2D eigenvalue weighted by Crippen LogP contribution is -2.08. The van der Waals surface area contributed by atoms with E-state index in [4.69, 9.17) is 11.6 Å². The second-order valence-electron chi connectivity index (χ2n) is 3.14. The van der Waals surface area contributed by atoms with Gasteiger partial charge in [-0.2, -0.15) is 0 Å². The molecule has 1 aromatic rings. The van der Waals surface area contributed by atoms with Crippen LogP contribution in [-0.2, 0) is 11.2 Å². The van der Waals surface area contributed by atoms with Crippen molar-refractivity contribution in [3.8, 4) is 0 Å². The summed E-state index contributed by atoms with van der Waals surface area (Å²) in [7, 11) is 0. The summed E-state index contributed by atoms with van der Waals surface area (Å²) in [6, 6.07) is 3.43. The number of alkyl halides is 1. The quantitative estimate of drug-likeness (QED) is 0.455. The molecule has 0 heterocycles. The van der Waals surface area contributed by atoms with Crippen molar-refractivity contribution in [3.63, 3.8) is 0 Å². The number of ketones is 1. The lowest BCUT2D eigenvalue weighted by atomic mass is 10.1. The van der Waals surface area contributed by atoms with Crippen molar-refractivity contribution < 1.29 is 14.6 Å². The van der Waals surface area contributed by atoms with Crippen molar-refractivity contribution >= 4 is 28.8 Å². The number of hydrogen-bond acceptors (Lipinski definition) is 5. The minimum absolute atomic E-state index is 0.215. The third kappa shape index (κ3) is 2.97. The van der Waals surface area contributed by atoms with E-state index in [0.29, 0.717) is 0 Å². The van der Waals surface area contributed by atoms with Crippen molar-refractivity contribution in [1.29, 1.82) is 0 Å². The molecule has 0 unspecified atom stereocenters. The Morgan fingerprint density at radius 1 is 1.18 bits per heavy atom. The smallest absolute Gasteiger partial charge is 0.279 e. The van der Waals surface area contributed by atoms with E-state index in [1.807, 2.05) is 0 Å². The van der Waals surface area contributed by atoms with Gasteiger partial charge in [-0.1, -0.05) is 0 Å². The van der Waals surface area contributed by atoms with Crippen LogP contribution in [0.1, 0.15) is 5.56 Å². The molecular formula is C9H7ClN2O5. The van der Waals surface area contributed by atoms with Gasteiger partial charge in [-0.3, -0.25) is 25.0 Å². The number of nitrogens with zero attached hydrogens (tertiary/aromatic N) is 2. The summed E-state index contributed by atoms with van der Waals surface area (Å²) in [5, 5.41) is 21.4. The van der Waals surface area contributed by atoms with Gasteiger partial charge in [0.2, 0.25) is 0 Å². The zero-order valence-corrected chi connectivity index (χ0v) is 9.22. The molecule has 90 valence electrons. The first-order chi connectivity index (χ1) is 7.97. The number of rotatable bonds is 5. The number of Topliss-reactive ketones (excluding diaryl/α,β-unsaturated/α-hetero) is 1. The van der Waals surface area contributed by atoms with E-state index in [0.717, 1.165) is 12.1 Å². The van der Waals surface area contributed by atoms with Gasteiger partial charge in [0.25, 0.3) is 11.4 Å². The third-order valence-electron chi connectivity index (χ3n) is 2.04. The highest BCUT2D eigenvalue weighted by Gasteiger charge is 2.25. The predicted octanol–water partition coefficient (Wildman–Crippen LogP) is 1.85. The molecule has 17 heavy (non-hydrogen) atoms. The van der Waals surface area contributed by atoms with Crippen LogP contribution in [0, 0.1) is 20.2 Å². The molecule has 1 aromatic carbocycles. The van der Waals surface area contributed by atoms with Crippen molar-refractivity contribution in [2.45, 2.75) is 6.42 Å². The SMILES string of the molecule is O=C(CCl)Cc1c([N+](=O)[O-])cccc1[N+](=O)[O-]. The highest BCUT2D eigenvalue weighted by molar-refractivity contribution is 6.27. The van der Waals surface area contributed by atoms with Gasteiger partial charge in [-0.25, -0.2) is 0 Å². The van der Waals surface area contributed by atoms with Crippen LogP contribution in [0.2, 0.25) is 0 Å². The molecule has 0 aliphatic heterocycles. The molecule has 0 bridgehead atoms. The fourth-order valence-electron chi connectivity index (χ4n) is 1.33. The van der Waals surface area contributed by atoms with E-state index >= 15 is 0 Å². The first-order valence-electron chi connectivity index (χ1n) is 4.45. The zero-order chi connectivity index (χ0) is 13.0. The van der Waals surface area contributed by atoms with Gasteiger partial charge in [0.15, 0.2) is 5.78 Å². The maximum atomic E-state index is 11.2. The molecule has 0 saturated carbocycles. The fraction of sp³-hybridized carbons (Fsp3) is 0.222. The Morgan fingerprint density at radius 3 is 2.00 bits per heavy atom. The maximum Gasteiger partial charge on any atom is 0.279 e. The molecule has 0 aliphatic carbocycles. The predicted molar refractivity (Wildman–Crippen MR) is 59.2 cm³/mol. The van der Waals surface area contributed by atoms with Crippen LogP contribution in [0.25, 0.3) is 0 Å². The fourth-order valence-corrected chi connectivity index (χ4v) is 1.42. The summed E-state index contributed by atoms with van der Waals surface area (Å²) >= 11 is 5.28.